The number of ether oxygens (including phenoxy) is 2. The Morgan fingerprint density at radius 2 is 1.68 bits per heavy atom. The fourth-order valence-electron chi connectivity index (χ4n) is 4.21. The highest BCUT2D eigenvalue weighted by Crippen LogP contribution is 2.42. The van der Waals surface area contributed by atoms with Crippen LogP contribution in [0.25, 0.3) is 22.5 Å². The van der Waals surface area contributed by atoms with Gasteiger partial charge in [-0.3, -0.25) is 0 Å². The van der Waals surface area contributed by atoms with E-state index in [1.807, 2.05) is 6.92 Å². The zero-order valence-electron chi connectivity index (χ0n) is 19.5. The molecule has 192 valence electrons. The number of phenols is 2. The predicted molar refractivity (Wildman–Crippen MR) is 125 cm³/mol. The summed E-state index contributed by atoms with van der Waals surface area (Å²) in [5.74, 6) is -0.245. The van der Waals surface area contributed by atoms with E-state index in [2.05, 4.69) is 10.3 Å². The van der Waals surface area contributed by atoms with Crippen molar-refractivity contribution in [2.24, 2.45) is 0 Å². The molecule has 0 fully saturated rings. The number of rotatable bonds is 5. The fraction of sp³-hybridized carbons (Fsp3) is 0.231. The van der Waals surface area contributed by atoms with Gasteiger partial charge in [0, 0.05) is 22.8 Å². The van der Waals surface area contributed by atoms with E-state index in [9.17, 15) is 27.8 Å². The first-order valence-corrected chi connectivity index (χ1v) is 11.4. The van der Waals surface area contributed by atoms with Crippen molar-refractivity contribution in [1.29, 1.82) is 0 Å². The number of hydrogen-bond donors (Lipinski definition) is 2. The lowest BCUT2D eigenvalue weighted by atomic mass is 9.99. The van der Waals surface area contributed by atoms with Gasteiger partial charge < -0.3 is 19.7 Å². The molecule has 4 aromatic rings. The minimum Gasteiger partial charge on any atom is -0.508 e. The number of aromatic nitrogens is 3. The van der Waals surface area contributed by atoms with Crippen molar-refractivity contribution < 1.29 is 37.2 Å². The van der Waals surface area contributed by atoms with Gasteiger partial charge in [0.05, 0.1) is 17.8 Å². The number of fused-ring (bicyclic) bond motifs is 1. The van der Waals surface area contributed by atoms with Gasteiger partial charge in [-0.2, -0.15) is 13.2 Å². The highest BCUT2D eigenvalue weighted by molar-refractivity contribution is 5.83. The topological polar surface area (TPSA) is 89.6 Å². The van der Waals surface area contributed by atoms with Gasteiger partial charge in [0.2, 0.25) is 0 Å². The summed E-state index contributed by atoms with van der Waals surface area (Å²) >= 11 is 0. The second-order valence-corrected chi connectivity index (χ2v) is 8.46. The minimum absolute atomic E-state index is 0.0944. The van der Waals surface area contributed by atoms with Crippen LogP contribution < -0.4 is 9.47 Å². The second kappa shape index (κ2) is 9.30. The quantitative estimate of drug-likeness (QED) is 0.338. The summed E-state index contributed by atoms with van der Waals surface area (Å²) in [5, 5.41) is 29.1. The van der Waals surface area contributed by atoms with Crippen molar-refractivity contribution >= 4 is 0 Å². The van der Waals surface area contributed by atoms with Crippen molar-refractivity contribution in [3.63, 3.8) is 0 Å². The van der Waals surface area contributed by atoms with Crippen LogP contribution >= 0.6 is 0 Å². The van der Waals surface area contributed by atoms with Crippen LogP contribution in [0.1, 0.15) is 23.6 Å². The molecule has 2 N–H and O–H groups in total. The molecule has 5 rings (SSSR count). The highest BCUT2D eigenvalue weighted by atomic mass is 19.4. The lowest BCUT2D eigenvalue weighted by molar-refractivity contribution is -0.137. The molecule has 0 unspecified atom stereocenters. The third-order valence-electron chi connectivity index (χ3n) is 6.08. The van der Waals surface area contributed by atoms with Gasteiger partial charge in [0.25, 0.3) is 0 Å². The molecule has 0 saturated carbocycles. The van der Waals surface area contributed by atoms with Gasteiger partial charge in [-0.1, -0.05) is 12.1 Å². The van der Waals surface area contributed by atoms with E-state index in [-0.39, 0.29) is 34.9 Å². The molecular weight excluding hydrogens is 494 g/mol. The summed E-state index contributed by atoms with van der Waals surface area (Å²) in [6.07, 6.45) is -4.19. The molecule has 0 spiro atoms. The first-order chi connectivity index (χ1) is 17.7. The minimum atomic E-state index is -4.65. The summed E-state index contributed by atoms with van der Waals surface area (Å²) in [7, 11) is 0. The largest absolute Gasteiger partial charge is 0.508 e. The molecule has 3 aromatic carbocycles. The zero-order valence-corrected chi connectivity index (χ0v) is 19.5. The van der Waals surface area contributed by atoms with Crippen molar-refractivity contribution in [3.05, 3.63) is 71.0 Å². The summed E-state index contributed by atoms with van der Waals surface area (Å²) in [6.45, 7) is 2.17. The molecule has 0 saturated heterocycles. The maximum Gasteiger partial charge on any atom is 0.416 e. The highest BCUT2D eigenvalue weighted by Gasteiger charge is 2.31. The standard InChI is InChI=1S/C26H21F4N3O4/c1-2-14-10-18(21(35)12-20(14)34)24-25(15-3-6-22-23(11-15)37-8-7-36-22)33(32-31-24)13-16-9-17(26(28,29)30)4-5-19(16)27/h3-6,9-12,34-35H,2,7-8,13H2,1H3. The van der Waals surface area contributed by atoms with E-state index < -0.39 is 17.6 Å². The van der Waals surface area contributed by atoms with Gasteiger partial charge in [0.15, 0.2) is 11.5 Å². The molecule has 0 atom stereocenters. The van der Waals surface area contributed by atoms with E-state index in [0.717, 1.165) is 12.1 Å². The van der Waals surface area contributed by atoms with Crippen molar-refractivity contribution in [2.45, 2.75) is 26.1 Å². The number of halogens is 4. The average Bonchev–Trinajstić information content (AvgIpc) is 3.27. The Hall–Kier alpha value is -4.28. The van der Waals surface area contributed by atoms with Crippen LogP contribution in [0.3, 0.4) is 0 Å². The van der Waals surface area contributed by atoms with Gasteiger partial charge in [-0.15, -0.1) is 5.10 Å². The van der Waals surface area contributed by atoms with Crippen LogP contribution in [0.2, 0.25) is 0 Å². The Balaban J connectivity index is 1.68. The van der Waals surface area contributed by atoms with Crippen LogP contribution in [-0.2, 0) is 19.1 Å². The van der Waals surface area contributed by atoms with Gasteiger partial charge in [-0.05, 0) is 54.4 Å². The monoisotopic (exact) mass is 515 g/mol. The van der Waals surface area contributed by atoms with E-state index in [0.29, 0.717) is 54.0 Å². The van der Waals surface area contributed by atoms with Gasteiger partial charge in [-0.25, -0.2) is 9.07 Å². The van der Waals surface area contributed by atoms with Crippen molar-refractivity contribution in [1.82, 2.24) is 15.0 Å². The number of aryl methyl sites for hydroxylation is 1. The summed E-state index contributed by atoms with van der Waals surface area (Å²) in [4.78, 5) is 0. The molecule has 0 radical (unpaired) electrons. The van der Waals surface area contributed by atoms with Gasteiger partial charge >= 0.3 is 6.18 Å². The molecule has 2 heterocycles. The zero-order chi connectivity index (χ0) is 26.3. The van der Waals surface area contributed by atoms with Crippen molar-refractivity contribution in [3.8, 4) is 45.5 Å². The predicted octanol–water partition coefficient (Wildman–Crippen LogP) is 5.56. The second-order valence-electron chi connectivity index (χ2n) is 8.46. The Morgan fingerprint density at radius 3 is 2.41 bits per heavy atom. The molecule has 1 aliphatic heterocycles. The van der Waals surface area contributed by atoms with Crippen LogP contribution in [-0.4, -0.2) is 38.4 Å². The molecule has 7 nitrogen and oxygen atoms in total. The maximum atomic E-state index is 14.6. The molecule has 0 bridgehead atoms. The first kappa shape index (κ1) is 24.4. The Kier molecular flexibility index (Phi) is 6.14. The molecule has 1 aromatic heterocycles. The third-order valence-corrected chi connectivity index (χ3v) is 6.08. The number of aromatic hydroxyl groups is 2. The Labute approximate surface area is 208 Å². The molecular formula is C26H21F4N3O4. The first-order valence-electron chi connectivity index (χ1n) is 11.4. The van der Waals surface area contributed by atoms with Gasteiger partial charge in [0.1, 0.15) is 36.2 Å². The van der Waals surface area contributed by atoms with E-state index in [1.54, 1.807) is 24.3 Å². The number of alkyl halides is 3. The van der Waals surface area contributed by atoms with Crippen LogP contribution in [0.5, 0.6) is 23.0 Å². The molecule has 11 heteroatoms. The summed E-state index contributed by atoms with van der Waals surface area (Å²) in [5.41, 5.74) is 0.549. The Morgan fingerprint density at radius 1 is 0.919 bits per heavy atom. The number of benzene rings is 3. The lowest BCUT2D eigenvalue weighted by Gasteiger charge is -2.19. The molecule has 0 amide bonds. The number of nitrogens with zero attached hydrogens (tertiary/aromatic N) is 3. The molecule has 0 aliphatic carbocycles. The Bertz CT molecular complexity index is 1480. The summed E-state index contributed by atoms with van der Waals surface area (Å²) in [6, 6.07) is 9.94. The maximum absolute atomic E-state index is 14.6. The fourth-order valence-corrected chi connectivity index (χ4v) is 4.21. The smallest absolute Gasteiger partial charge is 0.416 e. The summed E-state index contributed by atoms with van der Waals surface area (Å²) < 4.78 is 67.0. The van der Waals surface area contributed by atoms with E-state index in [1.165, 1.54) is 10.7 Å². The van der Waals surface area contributed by atoms with Crippen LogP contribution in [0.4, 0.5) is 17.6 Å². The number of phenolic OH excluding ortho intramolecular Hbond substituents is 2. The normalized spacial score (nSPS) is 13.1. The number of hydrogen-bond acceptors (Lipinski definition) is 6. The van der Waals surface area contributed by atoms with E-state index in [4.69, 9.17) is 9.47 Å². The average molecular weight is 515 g/mol. The van der Waals surface area contributed by atoms with Crippen molar-refractivity contribution in [2.75, 3.05) is 13.2 Å². The molecule has 37 heavy (non-hydrogen) atoms. The SMILES string of the molecule is CCc1cc(-c2nnn(Cc3cc(C(F)(F)F)ccc3F)c2-c2ccc3c(c2)OCCO3)c(O)cc1O. The van der Waals surface area contributed by atoms with Crippen LogP contribution in [0, 0.1) is 5.82 Å². The lowest BCUT2D eigenvalue weighted by Crippen LogP contribution is -2.15. The van der Waals surface area contributed by atoms with E-state index >= 15 is 0 Å². The van der Waals surface area contributed by atoms with Crippen LogP contribution in [0.15, 0.2) is 48.5 Å². The third kappa shape index (κ3) is 4.64. The molecule has 1 aliphatic rings.